The molecular formula is C11H11ClN2OS. The van der Waals surface area contributed by atoms with Gasteiger partial charge in [0, 0.05) is 0 Å². The topological polar surface area (TPSA) is 35.0 Å². The molecule has 0 radical (unpaired) electrons. The van der Waals surface area contributed by atoms with Crippen molar-refractivity contribution < 1.29 is 4.74 Å². The Morgan fingerprint density at radius 1 is 1.19 bits per heavy atom. The van der Waals surface area contributed by atoms with Gasteiger partial charge in [0.15, 0.2) is 0 Å². The first-order valence-corrected chi connectivity index (χ1v) is 5.92. The van der Waals surface area contributed by atoms with Crippen molar-refractivity contribution in [3.8, 4) is 11.6 Å². The summed E-state index contributed by atoms with van der Waals surface area (Å²) < 4.78 is 13.5. The van der Waals surface area contributed by atoms with Crippen molar-refractivity contribution in [1.82, 2.24) is 8.75 Å². The van der Waals surface area contributed by atoms with Crippen LogP contribution in [0.15, 0.2) is 12.1 Å². The molecule has 3 nitrogen and oxygen atoms in total. The van der Waals surface area contributed by atoms with Gasteiger partial charge in [0.25, 0.3) is 5.88 Å². The molecule has 0 atom stereocenters. The first-order valence-electron chi connectivity index (χ1n) is 4.81. The van der Waals surface area contributed by atoms with Gasteiger partial charge in [0.05, 0.1) is 11.7 Å². The second kappa shape index (κ2) is 4.39. The lowest BCUT2D eigenvalue weighted by molar-refractivity contribution is 0.463. The molecule has 1 heterocycles. The van der Waals surface area contributed by atoms with E-state index in [9.17, 15) is 0 Å². The highest BCUT2D eigenvalue weighted by Crippen LogP contribution is 2.31. The van der Waals surface area contributed by atoms with E-state index in [2.05, 4.69) is 21.7 Å². The largest absolute Gasteiger partial charge is 0.435 e. The van der Waals surface area contributed by atoms with Gasteiger partial charge in [0.1, 0.15) is 5.75 Å². The van der Waals surface area contributed by atoms with Crippen LogP contribution in [0.25, 0.3) is 0 Å². The van der Waals surface area contributed by atoms with Crippen LogP contribution in [0.5, 0.6) is 11.6 Å². The van der Waals surface area contributed by atoms with Gasteiger partial charge in [-0.1, -0.05) is 17.7 Å². The minimum Gasteiger partial charge on any atom is -0.435 e. The molecule has 0 aliphatic carbocycles. The number of aromatic nitrogens is 2. The van der Waals surface area contributed by atoms with Crippen molar-refractivity contribution >= 4 is 23.3 Å². The van der Waals surface area contributed by atoms with Crippen LogP contribution >= 0.6 is 23.3 Å². The molecule has 2 rings (SSSR count). The van der Waals surface area contributed by atoms with Crippen LogP contribution in [0.1, 0.15) is 16.7 Å². The van der Waals surface area contributed by atoms with Crippen molar-refractivity contribution in [2.45, 2.75) is 20.8 Å². The highest BCUT2D eigenvalue weighted by Gasteiger charge is 2.11. The third-order valence-electron chi connectivity index (χ3n) is 2.39. The molecular weight excluding hydrogens is 244 g/mol. The molecule has 16 heavy (non-hydrogen) atoms. The van der Waals surface area contributed by atoms with Crippen molar-refractivity contribution in [2.24, 2.45) is 0 Å². The number of halogens is 1. The molecule has 0 N–H and O–H groups in total. The fourth-order valence-corrected chi connectivity index (χ4v) is 2.05. The summed E-state index contributed by atoms with van der Waals surface area (Å²) >= 11 is 6.88. The number of aryl methyl sites for hydroxylation is 2. The van der Waals surface area contributed by atoms with E-state index in [1.807, 2.05) is 19.9 Å². The Morgan fingerprint density at radius 3 is 2.56 bits per heavy atom. The quantitative estimate of drug-likeness (QED) is 0.815. The number of nitrogens with zero attached hydrogens (tertiary/aromatic N) is 2. The lowest BCUT2D eigenvalue weighted by Gasteiger charge is -2.09. The van der Waals surface area contributed by atoms with Crippen LogP contribution in [-0.2, 0) is 0 Å². The molecule has 1 aromatic carbocycles. The minimum absolute atomic E-state index is 0.309. The fourth-order valence-electron chi connectivity index (χ4n) is 1.44. The molecule has 0 aliphatic heterocycles. The smallest absolute Gasteiger partial charge is 0.270 e. The van der Waals surface area contributed by atoms with E-state index in [1.54, 1.807) is 0 Å². The Kier molecular flexibility index (Phi) is 3.12. The molecule has 0 amide bonds. The molecule has 5 heteroatoms. The van der Waals surface area contributed by atoms with E-state index in [-0.39, 0.29) is 0 Å². The molecule has 0 saturated heterocycles. The number of ether oxygens (including phenoxy) is 1. The highest BCUT2D eigenvalue weighted by atomic mass is 35.5. The first-order chi connectivity index (χ1) is 7.58. The van der Waals surface area contributed by atoms with Crippen molar-refractivity contribution in [1.29, 1.82) is 0 Å². The zero-order valence-electron chi connectivity index (χ0n) is 9.24. The van der Waals surface area contributed by atoms with Crippen LogP contribution in [0.2, 0.25) is 5.15 Å². The van der Waals surface area contributed by atoms with E-state index in [0.29, 0.717) is 11.0 Å². The number of hydrogen-bond acceptors (Lipinski definition) is 4. The standard InChI is InChI=1S/C11H11ClN2OS/c1-6-4-7(2)8(3)9(5-6)15-11-10(12)13-16-14-11/h4-5H,1-3H3. The monoisotopic (exact) mass is 254 g/mol. The molecule has 0 unspecified atom stereocenters. The summed E-state index contributed by atoms with van der Waals surface area (Å²) in [6.07, 6.45) is 0. The average Bonchev–Trinajstić information content (AvgIpc) is 2.60. The average molecular weight is 255 g/mol. The zero-order chi connectivity index (χ0) is 11.7. The van der Waals surface area contributed by atoms with Crippen LogP contribution in [0.3, 0.4) is 0 Å². The Hall–Kier alpha value is -1.13. The summed E-state index contributed by atoms with van der Waals surface area (Å²) in [6, 6.07) is 4.08. The lowest BCUT2D eigenvalue weighted by atomic mass is 10.1. The van der Waals surface area contributed by atoms with Crippen LogP contribution in [0.4, 0.5) is 0 Å². The second-order valence-electron chi connectivity index (χ2n) is 3.67. The summed E-state index contributed by atoms with van der Waals surface area (Å²) in [5.74, 6) is 1.16. The Labute approximate surface area is 103 Å². The van der Waals surface area contributed by atoms with Crippen LogP contribution in [0, 0.1) is 20.8 Å². The predicted molar refractivity (Wildman–Crippen MR) is 65.6 cm³/mol. The Morgan fingerprint density at radius 2 is 1.94 bits per heavy atom. The maximum absolute atomic E-state index is 5.83. The third-order valence-corrected chi connectivity index (χ3v) is 3.25. The van der Waals surface area contributed by atoms with Crippen LogP contribution in [-0.4, -0.2) is 8.75 Å². The zero-order valence-corrected chi connectivity index (χ0v) is 10.8. The maximum Gasteiger partial charge on any atom is 0.270 e. The van der Waals surface area contributed by atoms with Crippen molar-refractivity contribution in [2.75, 3.05) is 0 Å². The van der Waals surface area contributed by atoms with Crippen molar-refractivity contribution in [3.63, 3.8) is 0 Å². The minimum atomic E-state index is 0.309. The third kappa shape index (κ3) is 2.18. The van der Waals surface area contributed by atoms with E-state index in [4.69, 9.17) is 16.3 Å². The van der Waals surface area contributed by atoms with Gasteiger partial charge in [0.2, 0.25) is 5.15 Å². The molecule has 0 fully saturated rings. The second-order valence-corrected chi connectivity index (χ2v) is 4.55. The van der Waals surface area contributed by atoms with Gasteiger partial charge in [-0.3, -0.25) is 0 Å². The van der Waals surface area contributed by atoms with E-state index in [0.717, 1.165) is 28.6 Å². The molecule has 2 aromatic rings. The molecule has 1 aromatic heterocycles. The van der Waals surface area contributed by atoms with Gasteiger partial charge < -0.3 is 4.74 Å². The lowest BCUT2D eigenvalue weighted by Crippen LogP contribution is -1.92. The summed E-state index contributed by atoms with van der Waals surface area (Å²) in [4.78, 5) is 0. The van der Waals surface area contributed by atoms with Gasteiger partial charge in [-0.15, -0.1) is 4.37 Å². The number of benzene rings is 1. The fraction of sp³-hybridized carbons (Fsp3) is 0.273. The van der Waals surface area contributed by atoms with Gasteiger partial charge in [-0.05, 0) is 43.5 Å². The Bertz CT molecular complexity index is 525. The van der Waals surface area contributed by atoms with Crippen molar-refractivity contribution in [3.05, 3.63) is 34.0 Å². The summed E-state index contributed by atoms with van der Waals surface area (Å²) in [7, 11) is 0. The van der Waals surface area contributed by atoms with Gasteiger partial charge in [-0.25, -0.2) is 0 Å². The number of hydrogen-bond donors (Lipinski definition) is 0. The predicted octanol–water partition coefficient (Wildman–Crippen LogP) is 3.91. The maximum atomic E-state index is 5.83. The summed E-state index contributed by atoms with van der Waals surface area (Å²) in [5, 5.41) is 0.309. The Balaban J connectivity index is 2.38. The molecule has 0 bridgehead atoms. The van der Waals surface area contributed by atoms with E-state index in [1.165, 1.54) is 5.56 Å². The first kappa shape index (κ1) is 11.4. The molecule has 0 spiro atoms. The normalized spacial score (nSPS) is 10.5. The molecule has 0 saturated carbocycles. The van der Waals surface area contributed by atoms with Gasteiger partial charge in [-0.2, -0.15) is 4.37 Å². The SMILES string of the molecule is Cc1cc(C)c(C)c(Oc2nsnc2Cl)c1. The van der Waals surface area contributed by atoms with E-state index < -0.39 is 0 Å². The highest BCUT2D eigenvalue weighted by molar-refractivity contribution is 6.99. The molecule has 84 valence electrons. The van der Waals surface area contributed by atoms with Gasteiger partial charge >= 0.3 is 0 Å². The number of rotatable bonds is 2. The summed E-state index contributed by atoms with van der Waals surface area (Å²) in [5.41, 5.74) is 3.43. The molecule has 0 aliphatic rings. The summed E-state index contributed by atoms with van der Waals surface area (Å²) in [6.45, 7) is 6.09. The van der Waals surface area contributed by atoms with E-state index >= 15 is 0 Å². The van der Waals surface area contributed by atoms with Crippen LogP contribution < -0.4 is 4.74 Å².